The first-order valence-electron chi connectivity index (χ1n) is 7.97. The van der Waals surface area contributed by atoms with Crippen molar-refractivity contribution >= 4 is 42.4 Å². The highest BCUT2D eigenvalue weighted by molar-refractivity contribution is 7.92. The van der Waals surface area contributed by atoms with Gasteiger partial charge in [0.1, 0.15) is 11.5 Å². The second-order valence-electron chi connectivity index (χ2n) is 5.43. The number of hydrogen-bond acceptors (Lipinski definition) is 6. The van der Waals surface area contributed by atoms with Gasteiger partial charge < -0.3 is 10.1 Å². The second-order valence-corrected chi connectivity index (χ2v) is 8.64. The summed E-state index contributed by atoms with van der Waals surface area (Å²) in [5.74, 6) is -0.261. The number of unbranched alkanes of at least 4 members (excludes halogenated alkanes) is 2. The average Bonchev–Trinajstić information content (AvgIpc) is 2.88. The predicted molar refractivity (Wildman–Crippen MR) is 97.6 cm³/mol. The SMILES string of the molecule is CCCCCS(=O)(=O)CC(=O)Nc1nc2ccc(OCC)cc2s1. The molecule has 0 spiro atoms. The minimum absolute atomic E-state index is 0.0474. The highest BCUT2D eigenvalue weighted by atomic mass is 32.2. The number of thiazole rings is 1. The van der Waals surface area contributed by atoms with Crippen LogP contribution in [0.2, 0.25) is 0 Å². The predicted octanol–water partition coefficient (Wildman–Crippen LogP) is 3.24. The van der Waals surface area contributed by atoms with Crippen LogP contribution in [0.25, 0.3) is 10.2 Å². The van der Waals surface area contributed by atoms with Crippen LogP contribution in [0.15, 0.2) is 18.2 Å². The summed E-state index contributed by atoms with van der Waals surface area (Å²) >= 11 is 1.30. The van der Waals surface area contributed by atoms with Crippen molar-refractivity contribution in [2.45, 2.75) is 33.1 Å². The van der Waals surface area contributed by atoms with E-state index in [1.165, 1.54) is 11.3 Å². The molecule has 0 fully saturated rings. The van der Waals surface area contributed by atoms with Gasteiger partial charge in [0, 0.05) is 0 Å². The molecular formula is C16H22N2O4S2. The lowest BCUT2D eigenvalue weighted by Gasteiger charge is -2.03. The smallest absolute Gasteiger partial charge is 0.241 e. The molecular weight excluding hydrogens is 348 g/mol. The van der Waals surface area contributed by atoms with E-state index >= 15 is 0 Å². The summed E-state index contributed by atoms with van der Waals surface area (Å²) in [5, 5.41) is 2.97. The Balaban J connectivity index is 1.99. The van der Waals surface area contributed by atoms with Crippen LogP contribution in [0, 0.1) is 0 Å². The maximum atomic E-state index is 12.0. The lowest BCUT2D eigenvalue weighted by molar-refractivity contribution is -0.113. The number of nitrogens with one attached hydrogen (secondary N) is 1. The number of hydrogen-bond donors (Lipinski definition) is 1. The Morgan fingerprint density at radius 2 is 2.08 bits per heavy atom. The van der Waals surface area contributed by atoms with Crippen LogP contribution in [0.1, 0.15) is 33.1 Å². The van der Waals surface area contributed by atoms with E-state index in [2.05, 4.69) is 10.3 Å². The molecule has 0 saturated heterocycles. The van der Waals surface area contributed by atoms with Crippen molar-refractivity contribution in [3.63, 3.8) is 0 Å². The van der Waals surface area contributed by atoms with Crippen molar-refractivity contribution in [1.29, 1.82) is 0 Å². The summed E-state index contributed by atoms with van der Waals surface area (Å²) in [6, 6.07) is 5.48. The number of carbonyl (C=O) groups excluding carboxylic acids is 1. The van der Waals surface area contributed by atoms with Gasteiger partial charge in [0.15, 0.2) is 15.0 Å². The van der Waals surface area contributed by atoms with Gasteiger partial charge in [-0.25, -0.2) is 13.4 Å². The number of benzene rings is 1. The van der Waals surface area contributed by atoms with Crippen molar-refractivity contribution in [2.24, 2.45) is 0 Å². The van der Waals surface area contributed by atoms with Gasteiger partial charge in [-0.05, 0) is 31.5 Å². The summed E-state index contributed by atoms with van der Waals surface area (Å²) in [7, 11) is -3.37. The third-order valence-electron chi connectivity index (χ3n) is 3.33. The van der Waals surface area contributed by atoms with E-state index in [0.717, 1.165) is 28.8 Å². The van der Waals surface area contributed by atoms with Gasteiger partial charge in [0.05, 0.1) is 22.6 Å². The molecule has 0 unspecified atom stereocenters. The zero-order valence-electron chi connectivity index (χ0n) is 13.9. The molecule has 0 aliphatic rings. The first kappa shape index (κ1) is 18.7. The Morgan fingerprint density at radius 1 is 1.29 bits per heavy atom. The lowest BCUT2D eigenvalue weighted by Crippen LogP contribution is -2.24. The average molecular weight is 370 g/mol. The van der Waals surface area contributed by atoms with E-state index in [-0.39, 0.29) is 5.75 Å². The van der Waals surface area contributed by atoms with E-state index in [4.69, 9.17) is 4.74 Å². The van der Waals surface area contributed by atoms with E-state index in [1.54, 1.807) is 0 Å². The molecule has 0 radical (unpaired) electrons. The molecule has 6 nitrogen and oxygen atoms in total. The Hall–Kier alpha value is -1.67. The first-order chi connectivity index (χ1) is 11.4. The quantitative estimate of drug-likeness (QED) is 0.685. The molecule has 24 heavy (non-hydrogen) atoms. The Labute approximate surface area is 146 Å². The zero-order chi connectivity index (χ0) is 17.6. The van der Waals surface area contributed by atoms with Crippen molar-refractivity contribution in [3.8, 4) is 5.75 Å². The monoisotopic (exact) mass is 370 g/mol. The fourth-order valence-electron chi connectivity index (χ4n) is 2.21. The molecule has 0 saturated carbocycles. The standard InChI is InChI=1S/C16H22N2O4S2/c1-3-5-6-9-24(20,21)11-15(19)18-16-17-13-8-7-12(22-4-2)10-14(13)23-16/h7-8,10H,3-6,9,11H2,1-2H3,(H,17,18,19). The number of rotatable bonds is 9. The summed E-state index contributed by atoms with van der Waals surface area (Å²) in [6.45, 7) is 4.48. The molecule has 0 bridgehead atoms. The van der Waals surface area contributed by atoms with Gasteiger partial charge in [-0.2, -0.15) is 0 Å². The van der Waals surface area contributed by atoms with Crippen molar-refractivity contribution in [1.82, 2.24) is 4.98 Å². The molecule has 1 N–H and O–H groups in total. The molecule has 132 valence electrons. The van der Waals surface area contributed by atoms with E-state index in [1.807, 2.05) is 32.0 Å². The van der Waals surface area contributed by atoms with Crippen LogP contribution in [0.3, 0.4) is 0 Å². The fraction of sp³-hybridized carbons (Fsp3) is 0.500. The normalized spacial score (nSPS) is 11.6. The van der Waals surface area contributed by atoms with Gasteiger partial charge in [0.2, 0.25) is 5.91 Å². The summed E-state index contributed by atoms with van der Waals surface area (Å²) in [5.41, 5.74) is 0.740. The van der Waals surface area contributed by atoms with Crippen molar-refractivity contribution in [3.05, 3.63) is 18.2 Å². The highest BCUT2D eigenvalue weighted by Gasteiger charge is 2.17. The number of sulfone groups is 1. The second kappa shape index (κ2) is 8.43. The minimum atomic E-state index is -3.37. The van der Waals surface area contributed by atoms with Crippen LogP contribution in [-0.4, -0.2) is 37.4 Å². The maximum Gasteiger partial charge on any atom is 0.241 e. The Morgan fingerprint density at radius 3 is 2.79 bits per heavy atom. The van der Waals surface area contributed by atoms with Crippen molar-refractivity contribution < 1.29 is 17.9 Å². The molecule has 0 atom stereocenters. The lowest BCUT2D eigenvalue weighted by atomic mass is 10.3. The van der Waals surface area contributed by atoms with Crippen LogP contribution < -0.4 is 10.1 Å². The van der Waals surface area contributed by atoms with Gasteiger partial charge >= 0.3 is 0 Å². The first-order valence-corrected chi connectivity index (χ1v) is 10.6. The van der Waals surface area contributed by atoms with Gasteiger partial charge in [-0.1, -0.05) is 31.1 Å². The van der Waals surface area contributed by atoms with Gasteiger partial charge in [0.25, 0.3) is 0 Å². The van der Waals surface area contributed by atoms with E-state index in [0.29, 0.717) is 18.2 Å². The number of carbonyl (C=O) groups is 1. The molecule has 1 amide bonds. The molecule has 1 aromatic heterocycles. The molecule has 0 aliphatic heterocycles. The molecule has 0 aliphatic carbocycles. The largest absolute Gasteiger partial charge is 0.494 e. The molecule has 1 heterocycles. The molecule has 2 rings (SSSR count). The number of aromatic nitrogens is 1. The zero-order valence-corrected chi connectivity index (χ0v) is 15.5. The van der Waals surface area contributed by atoms with Crippen LogP contribution >= 0.6 is 11.3 Å². The molecule has 1 aromatic carbocycles. The number of fused-ring (bicyclic) bond motifs is 1. The third-order valence-corrected chi connectivity index (χ3v) is 5.87. The fourth-order valence-corrected chi connectivity index (χ4v) is 4.38. The summed E-state index contributed by atoms with van der Waals surface area (Å²) < 4.78 is 30.1. The van der Waals surface area contributed by atoms with Crippen molar-refractivity contribution in [2.75, 3.05) is 23.4 Å². The van der Waals surface area contributed by atoms with Crippen LogP contribution in [0.5, 0.6) is 5.75 Å². The minimum Gasteiger partial charge on any atom is -0.494 e. The number of ether oxygens (including phenoxy) is 1. The van der Waals surface area contributed by atoms with Gasteiger partial charge in [-0.15, -0.1) is 0 Å². The number of anilines is 1. The van der Waals surface area contributed by atoms with E-state index in [9.17, 15) is 13.2 Å². The topological polar surface area (TPSA) is 85.4 Å². The highest BCUT2D eigenvalue weighted by Crippen LogP contribution is 2.29. The number of amides is 1. The molecule has 2 aromatic rings. The van der Waals surface area contributed by atoms with Gasteiger partial charge in [-0.3, -0.25) is 4.79 Å². The Kier molecular flexibility index (Phi) is 6.56. The summed E-state index contributed by atoms with van der Waals surface area (Å²) in [6.07, 6.45) is 2.38. The Bertz CT molecular complexity index is 800. The summed E-state index contributed by atoms with van der Waals surface area (Å²) in [4.78, 5) is 16.3. The van der Waals surface area contributed by atoms with Crippen LogP contribution in [0.4, 0.5) is 5.13 Å². The molecule has 8 heteroatoms. The van der Waals surface area contributed by atoms with Crippen LogP contribution in [-0.2, 0) is 14.6 Å². The maximum absolute atomic E-state index is 12.0. The van der Waals surface area contributed by atoms with E-state index < -0.39 is 21.5 Å². The third kappa shape index (κ3) is 5.45. The number of nitrogens with zero attached hydrogens (tertiary/aromatic N) is 1.